The smallest absolute Gasteiger partial charge is 0.137 e. The quantitative estimate of drug-likeness (QED) is 0.576. The first-order valence-corrected chi connectivity index (χ1v) is 3.25. The second-order valence-electron chi connectivity index (χ2n) is 3.00. The zero-order chi connectivity index (χ0) is 7.49. The molecule has 0 spiro atoms. The van der Waals surface area contributed by atoms with Crippen molar-refractivity contribution in [3.8, 4) is 0 Å². The molecule has 54 valence electrons. The highest BCUT2D eigenvalue weighted by molar-refractivity contribution is 5.58. The summed E-state index contributed by atoms with van der Waals surface area (Å²) in [6, 6.07) is -0.317. The number of nitrogens with two attached hydrogens (primary N) is 1. The number of hydrogen-bond acceptors (Lipinski definition) is 2. The largest absolute Gasteiger partial charge is 0.321 e. The van der Waals surface area contributed by atoms with E-state index in [9.17, 15) is 4.79 Å². The van der Waals surface area contributed by atoms with Crippen molar-refractivity contribution in [3.63, 3.8) is 0 Å². The molecule has 2 nitrogen and oxygen atoms in total. The van der Waals surface area contributed by atoms with Gasteiger partial charge in [-0.1, -0.05) is 20.8 Å². The number of rotatable bonds is 3. The van der Waals surface area contributed by atoms with Gasteiger partial charge in [-0.05, 0) is 11.8 Å². The number of carbonyl (C=O) groups is 1. The Bertz CT molecular complexity index is 99.1. The molecule has 0 saturated carbocycles. The molecule has 0 aromatic heterocycles. The maximum absolute atomic E-state index is 10.2. The van der Waals surface area contributed by atoms with Crippen molar-refractivity contribution in [1.82, 2.24) is 0 Å². The van der Waals surface area contributed by atoms with Crippen molar-refractivity contribution in [2.45, 2.75) is 33.2 Å². The van der Waals surface area contributed by atoms with Crippen molar-refractivity contribution in [3.05, 3.63) is 0 Å². The molecule has 2 heteroatoms. The third kappa shape index (κ3) is 2.14. The standard InChI is InChI=1S/C7H15NO/c1-4-7(2,3)6(8)5-9/h5-6H,4,8H2,1-3H3. The van der Waals surface area contributed by atoms with E-state index in [-0.39, 0.29) is 11.5 Å². The minimum atomic E-state index is -0.317. The summed E-state index contributed by atoms with van der Waals surface area (Å²) in [6.45, 7) is 6.02. The van der Waals surface area contributed by atoms with Crippen LogP contribution < -0.4 is 5.73 Å². The fourth-order valence-corrected chi connectivity index (χ4v) is 0.420. The zero-order valence-corrected chi connectivity index (χ0v) is 6.35. The van der Waals surface area contributed by atoms with Crippen molar-refractivity contribution in [2.75, 3.05) is 0 Å². The Kier molecular flexibility index (Phi) is 2.85. The third-order valence-corrected chi connectivity index (χ3v) is 1.96. The monoisotopic (exact) mass is 129 g/mol. The molecule has 0 heterocycles. The van der Waals surface area contributed by atoms with Crippen LogP contribution in [0.5, 0.6) is 0 Å². The first-order chi connectivity index (χ1) is 4.04. The minimum absolute atomic E-state index is 0.0399. The Balaban J connectivity index is 3.95. The van der Waals surface area contributed by atoms with Crippen LogP contribution in [-0.4, -0.2) is 12.3 Å². The first kappa shape index (κ1) is 8.63. The molecule has 0 fully saturated rings. The van der Waals surface area contributed by atoms with E-state index in [4.69, 9.17) is 5.73 Å². The van der Waals surface area contributed by atoms with Gasteiger partial charge in [-0.3, -0.25) is 0 Å². The van der Waals surface area contributed by atoms with Crippen LogP contribution in [0, 0.1) is 5.41 Å². The van der Waals surface area contributed by atoms with Gasteiger partial charge in [0.25, 0.3) is 0 Å². The normalized spacial score (nSPS) is 15.1. The Morgan fingerprint density at radius 3 is 2.22 bits per heavy atom. The molecule has 0 amide bonds. The summed E-state index contributed by atoms with van der Waals surface area (Å²) in [7, 11) is 0. The van der Waals surface area contributed by atoms with Crippen LogP contribution >= 0.6 is 0 Å². The van der Waals surface area contributed by atoms with Crippen molar-refractivity contribution >= 4 is 6.29 Å². The second-order valence-corrected chi connectivity index (χ2v) is 3.00. The maximum Gasteiger partial charge on any atom is 0.137 e. The van der Waals surface area contributed by atoms with Gasteiger partial charge < -0.3 is 10.5 Å². The molecule has 0 aliphatic rings. The molecule has 0 aromatic carbocycles. The average Bonchev–Trinajstić information content (AvgIpc) is 1.86. The summed E-state index contributed by atoms with van der Waals surface area (Å²) < 4.78 is 0. The highest BCUT2D eigenvalue weighted by Gasteiger charge is 2.22. The highest BCUT2D eigenvalue weighted by atomic mass is 16.1. The minimum Gasteiger partial charge on any atom is -0.321 e. The van der Waals surface area contributed by atoms with Gasteiger partial charge in [0.05, 0.1) is 6.04 Å². The van der Waals surface area contributed by atoms with Gasteiger partial charge in [0.1, 0.15) is 6.29 Å². The summed E-state index contributed by atoms with van der Waals surface area (Å²) in [4.78, 5) is 10.2. The van der Waals surface area contributed by atoms with Gasteiger partial charge in [0, 0.05) is 0 Å². The van der Waals surface area contributed by atoms with Gasteiger partial charge in [-0.25, -0.2) is 0 Å². The molecule has 0 aromatic rings. The predicted octanol–water partition coefficient (Wildman–Crippen LogP) is 0.949. The summed E-state index contributed by atoms with van der Waals surface area (Å²) in [6.07, 6.45) is 1.75. The molecule has 0 radical (unpaired) electrons. The summed E-state index contributed by atoms with van der Waals surface area (Å²) in [5, 5.41) is 0. The first-order valence-electron chi connectivity index (χ1n) is 3.25. The van der Waals surface area contributed by atoms with Crippen molar-refractivity contribution in [2.24, 2.45) is 11.1 Å². The molecule has 0 saturated heterocycles. The van der Waals surface area contributed by atoms with Gasteiger partial charge in [0.2, 0.25) is 0 Å². The topological polar surface area (TPSA) is 43.1 Å². The lowest BCUT2D eigenvalue weighted by Gasteiger charge is -2.25. The maximum atomic E-state index is 10.2. The molecule has 1 atom stereocenters. The summed E-state index contributed by atoms with van der Waals surface area (Å²) in [5.41, 5.74) is 5.45. The fourth-order valence-electron chi connectivity index (χ4n) is 0.420. The van der Waals surface area contributed by atoms with Gasteiger partial charge >= 0.3 is 0 Å². The molecule has 0 bridgehead atoms. The lowest BCUT2D eigenvalue weighted by molar-refractivity contribution is -0.111. The molecular weight excluding hydrogens is 114 g/mol. The van der Waals surface area contributed by atoms with Crippen LogP contribution in [0.25, 0.3) is 0 Å². The Labute approximate surface area is 56.4 Å². The van der Waals surface area contributed by atoms with Gasteiger partial charge in [0.15, 0.2) is 0 Å². The van der Waals surface area contributed by atoms with Gasteiger partial charge in [-0.2, -0.15) is 0 Å². The molecule has 0 aliphatic carbocycles. The molecule has 9 heavy (non-hydrogen) atoms. The van der Waals surface area contributed by atoms with E-state index in [0.717, 1.165) is 12.7 Å². The van der Waals surface area contributed by atoms with E-state index in [1.54, 1.807) is 0 Å². The van der Waals surface area contributed by atoms with Crippen LogP contribution in [0.2, 0.25) is 0 Å². The number of aldehydes is 1. The Morgan fingerprint density at radius 2 is 2.11 bits per heavy atom. The third-order valence-electron chi connectivity index (χ3n) is 1.96. The number of carbonyl (C=O) groups excluding carboxylic acids is 1. The van der Waals surface area contributed by atoms with E-state index in [2.05, 4.69) is 0 Å². The van der Waals surface area contributed by atoms with E-state index < -0.39 is 0 Å². The molecule has 1 unspecified atom stereocenters. The van der Waals surface area contributed by atoms with E-state index in [0.29, 0.717) is 0 Å². The van der Waals surface area contributed by atoms with E-state index >= 15 is 0 Å². The number of hydrogen-bond donors (Lipinski definition) is 1. The second kappa shape index (κ2) is 2.97. The van der Waals surface area contributed by atoms with E-state index in [1.165, 1.54) is 0 Å². The summed E-state index contributed by atoms with van der Waals surface area (Å²) >= 11 is 0. The predicted molar refractivity (Wildman–Crippen MR) is 38.1 cm³/mol. The average molecular weight is 129 g/mol. The molecule has 0 aliphatic heterocycles. The zero-order valence-electron chi connectivity index (χ0n) is 6.35. The molecule has 0 rings (SSSR count). The highest BCUT2D eigenvalue weighted by Crippen LogP contribution is 2.21. The van der Waals surface area contributed by atoms with Crippen LogP contribution in [0.3, 0.4) is 0 Å². The summed E-state index contributed by atoms with van der Waals surface area (Å²) in [5.74, 6) is 0. The van der Waals surface area contributed by atoms with Crippen LogP contribution in [0.4, 0.5) is 0 Å². The van der Waals surface area contributed by atoms with E-state index in [1.807, 2.05) is 20.8 Å². The van der Waals surface area contributed by atoms with Crippen molar-refractivity contribution < 1.29 is 4.79 Å². The molecular formula is C7H15NO. The van der Waals surface area contributed by atoms with Crippen LogP contribution in [0.15, 0.2) is 0 Å². The van der Waals surface area contributed by atoms with Crippen molar-refractivity contribution in [1.29, 1.82) is 0 Å². The fraction of sp³-hybridized carbons (Fsp3) is 0.857. The van der Waals surface area contributed by atoms with Crippen LogP contribution in [-0.2, 0) is 4.79 Å². The Morgan fingerprint density at radius 1 is 1.67 bits per heavy atom. The lowest BCUT2D eigenvalue weighted by atomic mass is 9.83. The lowest BCUT2D eigenvalue weighted by Crippen LogP contribution is -2.37. The SMILES string of the molecule is CCC(C)(C)C(N)C=O. The Hall–Kier alpha value is -0.370. The molecule has 2 N–H and O–H groups in total. The van der Waals surface area contributed by atoms with Crippen LogP contribution in [0.1, 0.15) is 27.2 Å². The van der Waals surface area contributed by atoms with Gasteiger partial charge in [-0.15, -0.1) is 0 Å².